The number of carbonyl (C=O) groups excluding carboxylic acids is 1. The molecule has 0 saturated heterocycles. The predicted octanol–water partition coefficient (Wildman–Crippen LogP) is 2.51. The van der Waals surface area contributed by atoms with Crippen molar-refractivity contribution < 1.29 is 18.7 Å². The summed E-state index contributed by atoms with van der Waals surface area (Å²) < 4.78 is 15.4. The van der Waals surface area contributed by atoms with Gasteiger partial charge < -0.3 is 13.9 Å². The highest BCUT2D eigenvalue weighted by Crippen LogP contribution is 2.19. The van der Waals surface area contributed by atoms with Crippen LogP contribution in [0.25, 0.3) is 11.0 Å². The van der Waals surface area contributed by atoms with E-state index in [4.69, 9.17) is 13.9 Å². The third kappa shape index (κ3) is 3.85. The van der Waals surface area contributed by atoms with E-state index in [-0.39, 0.29) is 11.7 Å². The molecule has 1 heterocycles. The molecule has 20 heavy (non-hydrogen) atoms. The van der Waals surface area contributed by atoms with E-state index < -0.39 is 0 Å². The fourth-order valence-electron chi connectivity index (χ4n) is 1.85. The van der Waals surface area contributed by atoms with Gasteiger partial charge in [0.05, 0.1) is 12.7 Å². The molecule has 0 aliphatic heterocycles. The summed E-state index contributed by atoms with van der Waals surface area (Å²) >= 11 is 0. The monoisotopic (exact) mass is 276 g/mol. The van der Waals surface area contributed by atoms with Crippen molar-refractivity contribution in [2.45, 2.75) is 25.9 Å². The second-order valence-corrected chi connectivity index (χ2v) is 4.49. The van der Waals surface area contributed by atoms with Crippen LogP contribution in [0.5, 0.6) is 5.75 Å². The van der Waals surface area contributed by atoms with Crippen LogP contribution in [0.2, 0.25) is 0 Å². The molecule has 2 rings (SSSR count). The topological polar surface area (TPSA) is 65.7 Å². The summed E-state index contributed by atoms with van der Waals surface area (Å²) in [5.41, 5.74) is 0.127. The van der Waals surface area contributed by atoms with E-state index in [1.54, 1.807) is 12.1 Å². The molecule has 0 aliphatic carbocycles. The third-order valence-electron chi connectivity index (χ3n) is 2.91. The Morgan fingerprint density at radius 2 is 2.10 bits per heavy atom. The van der Waals surface area contributed by atoms with Crippen LogP contribution in [0.1, 0.15) is 19.8 Å². The Morgan fingerprint density at radius 1 is 1.30 bits per heavy atom. The van der Waals surface area contributed by atoms with Crippen molar-refractivity contribution in [3.63, 3.8) is 0 Å². The molecule has 0 N–H and O–H groups in total. The first-order valence-electron chi connectivity index (χ1n) is 6.45. The fraction of sp³-hybridized carbons (Fsp3) is 0.333. The van der Waals surface area contributed by atoms with E-state index in [0.29, 0.717) is 24.4 Å². The first-order valence-corrected chi connectivity index (χ1v) is 6.45. The standard InChI is InChI=1S/C15H16O5/c1-11(19-10-16)3-2-8-18-13-6-4-12-5-7-15(17)20-14(12)9-13/h4-7,9-11H,2-3,8H2,1H3. The molecular weight excluding hydrogens is 260 g/mol. The van der Waals surface area contributed by atoms with Gasteiger partial charge in [-0.1, -0.05) is 0 Å². The minimum absolute atomic E-state index is 0.106. The zero-order valence-electron chi connectivity index (χ0n) is 11.2. The molecule has 1 atom stereocenters. The van der Waals surface area contributed by atoms with Gasteiger partial charge in [0.25, 0.3) is 6.47 Å². The molecule has 1 aromatic heterocycles. The lowest BCUT2D eigenvalue weighted by Gasteiger charge is -2.10. The maximum absolute atomic E-state index is 11.1. The number of hydrogen-bond donors (Lipinski definition) is 0. The minimum Gasteiger partial charge on any atom is -0.493 e. The van der Waals surface area contributed by atoms with Crippen molar-refractivity contribution in [3.05, 3.63) is 40.8 Å². The highest BCUT2D eigenvalue weighted by Gasteiger charge is 2.03. The van der Waals surface area contributed by atoms with Crippen LogP contribution in [0.4, 0.5) is 0 Å². The van der Waals surface area contributed by atoms with Gasteiger partial charge in [-0.2, -0.15) is 0 Å². The predicted molar refractivity (Wildman–Crippen MR) is 73.8 cm³/mol. The Labute approximate surface area is 116 Å². The van der Waals surface area contributed by atoms with Crippen LogP contribution >= 0.6 is 0 Å². The molecular formula is C15H16O5. The molecule has 5 heteroatoms. The van der Waals surface area contributed by atoms with E-state index >= 15 is 0 Å². The van der Waals surface area contributed by atoms with Gasteiger partial charge in [0.1, 0.15) is 11.3 Å². The van der Waals surface area contributed by atoms with Crippen LogP contribution < -0.4 is 10.4 Å². The molecule has 1 aromatic carbocycles. The van der Waals surface area contributed by atoms with E-state index in [2.05, 4.69) is 0 Å². The number of carbonyl (C=O) groups is 1. The van der Waals surface area contributed by atoms with Gasteiger partial charge in [0.15, 0.2) is 0 Å². The van der Waals surface area contributed by atoms with Crippen LogP contribution in [0, 0.1) is 0 Å². The molecule has 2 aromatic rings. The number of ether oxygens (including phenoxy) is 2. The lowest BCUT2D eigenvalue weighted by molar-refractivity contribution is -0.133. The van der Waals surface area contributed by atoms with E-state index in [1.165, 1.54) is 6.07 Å². The average molecular weight is 276 g/mol. The molecule has 5 nitrogen and oxygen atoms in total. The van der Waals surface area contributed by atoms with E-state index in [9.17, 15) is 9.59 Å². The maximum Gasteiger partial charge on any atom is 0.336 e. The average Bonchev–Trinajstić information content (AvgIpc) is 2.43. The Balaban J connectivity index is 1.90. The van der Waals surface area contributed by atoms with Crippen LogP contribution in [-0.4, -0.2) is 19.2 Å². The molecule has 0 radical (unpaired) electrons. The largest absolute Gasteiger partial charge is 0.493 e. The van der Waals surface area contributed by atoms with Crippen molar-refractivity contribution in [2.75, 3.05) is 6.61 Å². The van der Waals surface area contributed by atoms with Crippen LogP contribution in [-0.2, 0) is 9.53 Å². The molecule has 0 spiro atoms. The first-order chi connectivity index (χ1) is 9.69. The number of fused-ring (bicyclic) bond motifs is 1. The number of hydrogen-bond acceptors (Lipinski definition) is 5. The van der Waals surface area contributed by atoms with Crippen molar-refractivity contribution in [1.29, 1.82) is 0 Å². The van der Waals surface area contributed by atoms with Crippen molar-refractivity contribution in [2.24, 2.45) is 0 Å². The van der Waals surface area contributed by atoms with Gasteiger partial charge in [0, 0.05) is 17.5 Å². The Morgan fingerprint density at radius 3 is 2.90 bits per heavy atom. The van der Waals surface area contributed by atoms with Gasteiger partial charge in [-0.25, -0.2) is 4.79 Å². The number of rotatable bonds is 7. The lowest BCUT2D eigenvalue weighted by Crippen LogP contribution is -2.09. The molecule has 106 valence electrons. The third-order valence-corrected chi connectivity index (χ3v) is 2.91. The quantitative estimate of drug-likeness (QED) is 0.441. The first kappa shape index (κ1) is 14.1. The van der Waals surface area contributed by atoms with Crippen LogP contribution in [0.3, 0.4) is 0 Å². The molecule has 1 unspecified atom stereocenters. The van der Waals surface area contributed by atoms with Crippen molar-refractivity contribution >= 4 is 17.4 Å². The highest BCUT2D eigenvalue weighted by atomic mass is 16.5. The Kier molecular flexibility index (Phi) is 4.76. The minimum atomic E-state index is -0.380. The molecule has 0 bridgehead atoms. The van der Waals surface area contributed by atoms with Gasteiger partial charge in [-0.3, -0.25) is 4.79 Å². The van der Waals surface area contributed by atoms with E-state index in [1.807, 2.05) is 19.1 Å². The summed E-state index contributed by atoms with van der Waals surface area (Å²) in [6.07, 6.45) is 1.40. The Bertz CT molecular complexity index is 631. The lowest BCUT2D eigenvalue weighted by atomic mass is 10.2. The van der Waals surface area contributed by atoms with Crippen molar-refractivity contribution in [3.8, 4) is 5.75 Å². The summed E-state index contributed by atoms with van der Waals surface area (Å²) in [5.74, 6) is 0.649. The Hall–Kier alpha value is -2.30. The summed E-state index contributed by atoms with van der Waals surface area (Å²) in [6, 6.07) is 8.46. The molecule has 0 amide bonds. The molecule has 0 fully saturated rings. The second-order valence-electron chi connectivity index (χ2n) is 4.49. The summed E-state index contributed by atoms with van der Waals surface area (Å²) in [5, 5.41) is 0.852. The smallest absolute Gasteiger partial charge is 0.336 e. The molecule has 0 aliphatic rings. The van der Waals surface area contributed by atoms with E-state index in [0.717, 1.165) is 18.2 Å². The van der Waals surface area contributed by atoms with Gasteiger partial charge in [-0.05, 0) is 38.0 Å². The normalized spacial score (nSPS) is 12.1. The maximum atomic E-state index is 11.1. The SMILES string of the molecule is CC(CCCOc1ccc2ccc(=O)oc2c1)OC=O. The second kappa shape index (κ2) is 6.75. The zero-order valence-corrected chi connectivity index (χ0v) is 11.2. The fourth-order valence-corrected chi connectivity index (χ4v) is 1.85. The van der Waals surface area contributed by atoms with Gasteiger partial charge in [0.2, 0.25) is 0 Å². The van der Waals surface area contributed by atoms with Crippen molar-refractivity contribution in [1.82, 2.24) is 0 Å². The summed E-state index contributed by atoms with van der Waals surface area (Å²) in [4.78, 5) is 21.3. The summed E-state index contributed by atoms with van der Waals surface area (Å²) in [6.45, 7) is 2.80. The molecule has 0 saturated carbocycles. The number of benzene rings is 1. The van der Waals surface area contributed by atoms with Gasteiger partial charge in [-0.15, -0.1) is 0 Å². The summed E-state index contributed by atoms with van der Waals surface area (Å²) in [7, 11) is 0. The van der Waals surface area contributed by atoms with Gasteiger partial charge >= 0.3 is 5.63 Å². The zero-order chi connectivity index (χ0) is 14.4. The highest BCUT2D eigenvalue weighted by molar-refractivity contribution is 5.77. The van der Waals surface area contributed by atoms with Crippen LogP contribution in [0.15, 0.2) is 39.5 Å².